The first-order valence-corrected chi connectivity index (χ1v) is 9.01. The number of rotatable bonds is 4. The number of hydrogen-bond donors (Lipinski definition) is 1. The van der Waals surface area contributed by atoms with Crippen LogP contribution in [0.1, 0.15) is 44.7 Å². The van der Waals surface area contributed by atoms with Gasteiger partial charge < -0.3 is 10.1 Å². The van der Waals surface area contributed by atoms with E-state index in [1.807, 2.05) is 0 Å². The van der Waals surface area contributed by atoms with Crippen LogP contribution in [-0.2, 0) is 4.74 Å². The summed E-state index contributed by atoms with van der Waals surface area (Å²) in [4.78, 5) is 2.58. The largest absolute Gasteiger partial charge is 0.378 e. The Bertz CT molecular complexity index is 693. The van der Waals surface area contributed by atoms with Gasteiger partial charge >= 0.3 is 0 Å². The fourth-order valence-electron chi connectivity index (χ4n) is 3.72. The standard InChI is InChI=1S/C17H26N6O/c1-12(2)13-8-14(17-20-18-11-23(17)21-13)19-15-9-24-10-16(15)22-6-4-3-5-7-22/h8,11-12,15-16,19H,3-7,9-10H2,1-2H3/t15-,16-/m0/s1. The number of aromatic nitrogens is 4. The molecule has 0 aromatic carbocycles. The second kappa shape index (κ2) is 6.64. The Morgan fingerprint density at radius 2 is 2.04 bits per heavy atom. The molecular weight excluding hydrogens is 304 g/mol. The van der Waals surface area contributed by atoms with Gasteiger partial charge in [-0.05, 0) is 37.9 Å². The van der Waals surface area contributed by atoms with Crippen molar-refractivity contribution in [1.82, 2.24) is 24.7 Å². The van der Waals surface area contributed by atoms with Gasteiger partial charge in [0.05, 0.1) is 36.7 Å². The molecule has 2 aromatic heterocycles. The second-order valence-electron chi connectivity index (χ2n) is 7.19. The monoisotopic (exact) mass is 330 g/mol. The Kier molecular flexibility index (Phi) is 4.37. The van der Waals surface area contributed by atoms with Crippen molar-refractivity contribution < 1.29 is 4.74 Å². The third kappa shape index (κ3) is 2.98. The van der Waals surface area contributed by atoms with Gasteiger partial charge in [0.2, 0.25) is 5.65 Å². The van der Waals surface area contributed by atoms with Gasteiger partial charge in [0.15, 0.2) is 0 Å². The maximum absolute atomic E-state index is 5.80. The van der Waals surface area contributed by atoms with E-state index in [1.54, 1.807) is 10.8 Å². The van der Waals surface area contributed by atoms with E-state index in [2.05, 4.69) is 45.4 Å². The predicted molar refractivity (Wildman–Crippen MR) is 92.3 cm³/mol. The molecule has 4 rings (SSSR count). The lowest BCUT2D eigenvalue weighted by Crippen LogP contribution is -2.48. The number of nitrogens with one attached hydrogen (secondary N) is 1. The van der Waals surface area contributed by atoms with Crippen LogP contribution in [0.15, 0.2) is 12.4 Å². The summed E-state index contributed by atoms with van der Waals surface area (Å²) in [6.07, 6.45) is 5.61. The van der Waals surface area contributed by atoms with Crippen molar-refractivity contribution in [2.45, 2.75) is 51.1 Å². The third-order valence-corrected chi connectivity index (χ3v) is 5.13. The molecule has 2 fully saturated rings. The molecule has 0 spiro atoms. The quantitative estimate of drug-likeness (QED) is 0.924. The van der Waals surface area contributed by atoms with Crippen molar-refractivity contribution in [2.24, 2.45) is 0 Å². The molecule has 0 amide bonds. The average molecular weight is 330 g/mol. The number of fused-ring (bicyclic) bond motifs is 1. The summed E-state index contributed by atoms with van der Waals surface area (Å²) in [5, 5.41) is 16.5. The molecule has 2 aliphatic rings. The fourth-order valence-corrected chi connectivity index (χ4v) is 3.72. The fraction of sp³-hybridized carbons (Fsp3) is 0.706. The number of likely N-dealkylation sites (tertiary alicyclic amines) is 1. The summed E-state index contributed by atoms with van der Waals surface area (Å²) in [6, 6.07) is 2.83. The zero-order valence-electron chi connectivity index (χ0n) is 14.5. The van der Waals surface area contributed by atoms with Gasteiger partial charge in [-0.25, -0.2) is 0 Å². The lowest BCUT2D eigenvalue weighted by atomic mass is 10.0. The molecule has 7 heteroatoms. The first-order chi connectivity index (χ1) is 11.7. The second-order valence-corrected chi connectivity index (χ2v) is 7.19. The molecule has 0 saturated carbocycles. The van der Waals surface area contributed by atoms with Crippen LogP contribution < -0.4 is 5.32 Å². The molecule has 4 heterocycles. The summed E-state index contributed by atoms with van der Waals surface area (Å²) in [5.74, 6) is 0.357. The minimum Gasteiger partial charge on any atom is -0.378 e. The van der Waals surface area contributed by atoms with Crippen LogP contribution in [-0.4, -0.2) is 63.1 Å². The molecule has 0 radical (unpaired) electrons. The molecule has 0 unspecified atom stereocenters. The highest BCUT2D eigenvalue weighted by atomic mass is 16.5. The van der Waals surface area contributed by atoms with Gasteiger partial charge in [-0.1, -0.05) is 20.3 Å². The Hall–Kier alpha value is -1.73. The highest BCUT2D eigenvalue weighted by Gasteiger charge is 2.34. The zero-order valence-corrected chi connectivity index (χ0v) is 14.5. The summed E-state index contributed by atoms with van der Waals surface area (Å²) in [7, 11) is 0. The molecule has 2 atom stereocenters. The van der Waals surface area contributed by atoms with Crippen LogP contribution in [0, 0.1) is 0 Å². The van der Waals surface area contributed by atoms with Crippen LogP contribution >= 0.6 is 0 Å². The van der Waals surface area contributed by atoms with Crippen LogP contribution in [0.5, 0.6) is 0 Å². The maximum atomic E-state index is 5.80. The number of piperidine rings is 1. The molecule has 0 aliphatic carbocycles. The first kappa shape index (κ1) is 15.8. The number of anilines is 1. The van der Waals surface area contributed by atoms with Crippen LogP contribution in [0.25, 0.3) is 5.65 Å². The van der Waals surface area contributed by atoms with Crippen molar-refractivity contribution in [3.05, 3.63) is 18.1 Å². The van der Waals surface area contributed by atoms with E-state index in [1.165, 1.54) is 32.4 Å². The Morgan fingerprint density at radius 3 is 2.83 bits per heavy atom. The van der Waals surface area contributed by atoms with Gasteiger partial charge in [0.25, 0.3) is 0 Å². The van der Waals surface area contributed by atoms with Crippen LogP contribution in [0.3, 0.4) is 0 Å². The first-order valence-electron chi connectivity index (χ1n) is 9.01. The van der Waals surface area contributed by atoms with Crippen molar-refractivity contribution in [2.75, 3.05) is 31.6 Å². The summed E-state index contributed by atoms with van der Waals surface area (Å²) in [5.41, 5.74) is 2.82. The summed E-state index contributed by atoms with van der Waals surface area (Å²) < 4.78 is 7.57. The smallest absolute Gasteiger partial charge is 0.200 e. The molecule has 0 bridgehead atoms. The topological polar surface area (TPSA) is 67.6 Å². The lowest BCUT2D eigenvalue weighted by Gasteiger charge is -2.35. The summed E-state index contributed by atoms with van der Waals surface area (Å²) >= 11 is 0. The van der Waals surface area contributed by atoms with Gasteiger partial charge in [-0.15, -0.1) is 10.2 Å². The average Bonchev–Trinajstić information content (AvgIpc) is 3.24. The van der Waals surface area contributed by atoms with Crippen molar-refractivity contribution >= 4 is 11.3 Å². The Morgan fingerprint density at radius 1 is 1.21 bits per heavy atom. The molecule has 1 N–H and O–H groups in total. The molecule has 2 aromatic rings. The molecule has 7 nitrogen and oxygen atoms in total. The normalized spacial score (nSPS) is 25.6. The van der Waals surface area contributed by atoms with Crippen molar-refractivity contribution in [3.63, 3.8) is 0 Å². The Labute approximate surface area is 142 Å². The maximum Gasteiger partial charge on any atom is 0.200 e. The van der Waals surface area contributed by atoms with E-state index in [0.29, 0.717) is 12.0 Å². The van der Waals surface area contributed by atoms with Crippen LogP contribution in [0.4, 0.5) is 5.69 Å². The highest BCUT2D eigenvalue weighted by molar-refractivity contribution is 5.67. The molecule has 24 heavy (non-hydrogen) atoms. The minimum absolute atomic E-state index is 0.283. The van der Waals surface area contributed by atoms with E-state index in [0.717, 1.165) is 30.2 Å². The number of nitrogens with zero attached hydrogens (tertiary/aromatic N) is 5. The molecule has 2 saturated heterocycles. The van der Waals surface area contributed by atoms with Crippen LogP contribution in [0.2, 0.25) is 0 Å². The third-order valence-electron chi connectivity index (χ3n) is 5.13. The predicted octanol–water partition coefficient (Wildman–Crippen LogP) is 1.91. The molecule has 130 valence electrons. The number of hydrogen-bond acceptors (Lipinski definition) is 6. The van der Waals surface area contributed by atoms with Crippen molar-refractivity contribution in [1.29, 1.82) is 0 Å². The van der Waals surface area contributed by atoms with Crippen molar-refractivity contribution in [3.8, 4) is 0 Å². The minimum atomic E-state index is 0.283. The van der Waals surface area contributed by atoms with Gasteiger partial charge in [-0.2, -0.15) is 9.61 Å². The van der Waals surface area contributed by atoms with Gasteiger partial charge in [0.1, 0.15) is 6.33 Å². The zero-order chi connectivity index (χ0) is 16.5. The lowest BCUT2D eigenvalue weighted by molar-refractivity contribution is 0.127. The van der Waals surface area contributed by atoms with Gasteiger partial charge in [-0.3, -0.25) is 4.90 Å². The van der Waals surface area contributed by atoms with E-state index in [9.17, 15) is 0 Å². The summed E-state index contributed by atoms with van der Waals surface area (Å²) in [6.45, 7) is 8.21. The SMILES string of the molecule is CC(C)c1cc(N[C@H]2COC[C@@H]2N2CCCCC2)c2nncn2n1. The van der Waals surface area contributed by atoms with E-state index < -0.39 is 0 Å². The van der Waals surface area contributed by atoms with Gasteiger partial charge in [0, 0.05) is 0 Å². The molecular formula is C17H26N6O. The molecule has 2 aliphatic heterocycles. The van der Waals surface area contributed by atoms with E-state index >= 15 is 0 Å². The van der Waals surface area contributed by atoms with E-state index in [4.69, 9.17) is 4.74 Å². The number of ether oxygens (including phenoxy) is 1. The Balaban J connectivity index is 1.59. The highest BCUT2D eigenvalue weighted by Crippen LogP contribution is 2.25. The van der Waals surface area contributed by atoms with E-state index in [-0.39, 0.29) is 6.04 Å².